The number of methoxy groups -OCH3 is 1. The number of nitrogens with zero attached hydrogens (tertiary/aromatic N) is 2. The van der Waals surface area contributed by atoms with Crippen LogP contribution < -0.4 is 15.5 Å². The van der Waals surface area contributed by atoms with Crippen LogP contribution >= 0.6 is 12.2 Å². The summed E-state index contributed by atoms with van der Waals surface area (Å²) >= 11 is 5.21. The first-order chi connectivity index (χ1) is 10.2. The maximum atomic E-state index is 5.25. The Morgan fingerprint density at radius 2 is 1.91 bits per heavy atom. The molecule has 0 saturated carbocycles. The van der Waals surface area contributed by atoms with Crippen LogP contribution in [0, 0.1) is 0 Å². The monoisotopic (exact) mass is 363 g/mol. The quantitative estimate of drug-likeness (QED) is 0.378. The smallest absolute Gasteiger partial charge is 0.495 e. The van der Waals surface area contributed by atoms with Crippen LogP contribution in [0.25, 0.3) is 0 Å². The van der Waals surface area contributed by atoms with Crippen LogP contribution in [0.15, 0.2) is 53.8 Å². The Morgan fingerprint density at radius 3 is 2.59 bits per heavy atom. The molecule has 7 heteroatoms. The molecule has 0 unspecified atom stereocenters. The van der Waals surface area contributed by atoms with Gasteiger partial charge in [0.05, 0.1) is 24.2 Å². The molecule has 1 radical (unpaired) electrons. The van der Waals surface area contributed by atoms with Gasteiger partial charge in [-0.15, -0.1) is 0 Å². The average molecular weight is 364 g/mol. The van der Waals surface area contributed by atoms with Crippen LogP contribution in [-0.2, 0) is 17.1 Å². The summed E-state index contributed by atoms with van der Waals surface area (Å²) in [6.45, 7) is 1.86. The van der Waals surface area contributed by atoms with E-state index in [1.807, 2.05) is 49.4 Å². The van der Waals surface area contributed by atoms with Crippen molar-refractivity contribution in [1.29, 1.82) is 0 Å². The zero-order valence-corrected chi connectivity index (χ0v) is 13.9. The fourth-order valence-electron chi connectivity index (χ4n) is 1.67. The topological polar surface area (TPSA) is 58.5 Å². The van der Waals surface area contributed by atoms with E-state index >= 15 is 0 Å². The number of hydrazone groups is 1. The van der Waals surface area contributed by atoms with Gasteiger partial charge in [-0.1, -0.05) is 18.2 Å². The van der Waals surface area contributed by atoms with E-state index in [1.54, 1.807) is 13.3 Å². The molecule has 0 amide bonds. The number of hydrogen-bond donors (Lipinski definition) is 2. The van der Waals surface area contributed by atoms with Gasteiger partial charge in [0, 0.05) is 6.20 Å². The summed E-state index contributed by atoms with van der Waals surface area (Å²) in [5.41, 5.74) is 5.12. The number of aromatic nitrogens is 1. The Balaban J connectivity index is 0.00000242. The molecule has 0 aliphatic carbocycles. The summed E-state index contributed by atoms with van der Waals surface area (Å²) in [5.74, 6) is 0.715. The largest absolute Gasteiger partial charge is 2.00 e. The van der Waals surface area contributed by atoms with Gasteiger partial charge >= 0.3 is 17.1 Å². The predicted molar refractivity (Wildman–Crippen MR) is 88.8 cm³/mol. The minimum atomic E-state index is 0. The first kappa shape index (κ1) is 18.1. The zero-order chi connectivity index (χ0) is 15.1. The number of thiocarbonyl (C=S) groups is 1. The Labute approximate surface area is 145 Å². The molecule has 1 aromatic heterocycles. The molecule has 22 heavy (non-hydrogen) atoms. The normalized spacial score (nSPS) is 10.4. The molecule has 0 aliphatic rings. The molecular formula is C15H16CuN4OS+2. The number of ether oxygens (including phenoxy) is 1. The number of hydrogen-bond acceptors (Lipinski definition) is 4. The van der Waals surface area contributed by atoms with Crippen LogP contribution in [0.1, 0.15) is 12.6 Å². The van der Waals surface area contributed by atoms with Crippen LogP contribution in [0.2, 0.25) is 0 Å². The van der Waals surface area contributed by atoms with Crippen molar-refractivity contribution in [2.45, 2.75) is 6.92 Å². The zero-order valence-electron chi connectivity index (χ0n) is 12.1. The fourth-order valence-corrected chi connectivity index (χ4v) is 1.82. The number of pyridine rings is 1. The van der Waals surface area contributed by atoms with Gasteiger partial charge in [0.1, 0.15) is 5.75 Å². The molecule has 1 aromatic carbocycles. The summed E-state index contributed by atoms with van der Waals surface area (Å²) in [5, 5.41) is 7.63. The van der Waals surface area contributed by atoms with Crippen LogP contribution in [-0.4, -0.2) is 22.9 Å². The molecule has 1 heterocycles. The van der Waals surface area contributed by atoms with Gasteiger partial charge in [-0.3, -0.25) is 10.4 Å². The molecule has 0 saturated heterocycles. The van der Waals surface area contributed by atoms with Crippen molar-refractivity contribution in [3.8, 4) is 5.75 Å². The van der Waals surface area contributed by atoms with Gasteiger partial charge < -0.3 is 10.1 Å². The van der Waals surface area contributed by atoms with Gasteiger partial charge in [0.2, 0.25) is 0 Å². The van der Waals surface area contributed by atoms with E-state index < -0.39 is 0 Å². The van der Waals surface area contributed by atoms with E-state index in [0.29, 0.717) is 10.9 Å². The third-order valence-electron chi connectivity index (χ3n) is 2.72. The predicted octanol–water partition coefficient (Wildman–Crippen LogP) is 2.80. The molecule has 0 fully saturated rings. The van der Waals surface area contributed by atoms with Crippen molar-refractivity contribution in [1.82, 2.24) is 10.4 Å². The third kappa shape index (κ3) is 5.11. The first-order valence-corrected chi connectivity index (χ1v) is 6.77. The summed E-state index contributed by atoms with van der Waals surface area (Å²) in [6, 6.07) is 13.2. The molecule has 5 nitrogen and oxygen atoms in total. The number of para-hydroxylation sites is 2. The number of anilines is 1. The summed E-state index contributed by atoms with van der Waals surface area (Å²) in [6.07, 6.45) is 1.72. The SMILES string of the molecule is COc1ccccc1NC(=S)NN=C(C)c1ccccn1.[Cu+2]. The molecule has 2 aromatic rings. The summed E-state index contributed by atoms with van der Waals surface area (Å²) in [4.78, 5) is 4.21. The summed E-state index contributed by atoms with van der Waals surface area (Å²) in [7, 11) is 1.61. The van der Waals surface area contributed by atoms with Crippen molar-refractivity contribution in [2.24, 2.45) is 5.10 Å². The standard InChI is InChI=1S/C15H16N4OS.Cu/c1-11(12-7-5-6-10-16-12)18-19-15(21)17-13-8-3-4-9-14(13)20-2;/h3-10H,1-2H3,(H2,17,19,21);/q;+2. The minimum Gasteiger partial charge on any atom is -0.495 e. The summed E-state index contributed by atoms with van der Waals surface area (Å²) < 4.78 is 5.25. The molecule has 117 valence electrons. The van der Waals surface area contributed by atoms with Crippen molar-refractivity contribution < 1.29 is 21.8 Å². The van der Waals surface area contributed by atoms with Gasteiger partial charge in [0.15, 0.2) is 5.11 Å². The Hall–Kier alpha value is -1.95. The number of nitrogens with one attached hydrogen (secondary N) is 2. The Kier molecular flexibility index (Phi) is 7.52. The van der Waals surface area contributed by atoms with Crippen LogP contribution in [0.4, 0.5) is 5.69 Å². The molecule has 2 N–H and O–H groups in total. The Morgan fingerprint density at radius 1 is 1.18 bits per heavy atom. The average Bonchev–Trinajstić information content (AvgIpc) is 2.54. The van der Waals surface area contributed by atoms with Crippen molar-refractivity contribution in [3.63, 3.8) is 0 Å². The molecule has 0 atom stereocenters. The van der Waals surface area contributed by atoms with Gasteiger partial charge in [-0.2, -0.15) is 5.10 Å². The van der Waals surface area contributed by atoms with Gasteiger partial charge in [0.25, 0.3) is 0 Å². The Bertz CT molecular complexity index is 649. The number of benzene rings is 1. The van der Waals surface area contributed by atoms with E-state index in [-0.39, 0.29) is 17.1 Å². The van der Waals surface area contributed by atoms with Crippen molar-refractivity contribution in [3.05, 3.63) is 54.4 Å². The van der Waals surface area contributed by atoms with Gasteiger partial charge in [-0.25, -0.2) is 0 Å². The van der Waals surface area contributed by atoms with Crippen molar-refractivity contribution >= 4 is 28.7 Å². The maximum absolute atomic E-state index is 5.25. The minimum absolute atomic E-state index is 0. The second kappa shape index (κ2) is 9.15. The third-order valence-corrected chi connectivity index (χ3v) is 2.91. The van der Waals surface area contributed by atoms with E-state index in [1.165, 1.54) is 0 Å². The fraction of sp³-hybridized carbons (Fsp3) is 0.133. The van der Waals surface area contributed by atoms with E-state index in [2.05, 4.69) is 20.8 Å². The van der Waals surface area contributed by atoms with Gasteiger partial charge in [-0.05, 0) is 43.4 Å². The molecule has 0 bridgehead atoms. The first-order valence-electron chi connectivity index (χ1n) is 6.36. The molecular weight excluding hydrogens is 348 g/mol. The van der Waals surface area contributed by atoms with Crippen molar-refractivity contribution in [2.75, 3.05) is 12.4 Å². The second-order valence-electron chi connectivity index (χ2n) is 4.18. The second-order valence-corrected chi connectivity index (χ2v) is 4.59. The van der Waals surface area contributed by atoms with E-state index in [4.69, 9.17) is 17.0 Å². The van der Waals surface area contributed by atoms with E-state index in [9.17, 15) is 0 Å². The van der Waals surface area contributed by atoms with Crippen LogP contribution in [0.5, 0.6) is 5.75 Å². The molecule has 0 spiro atoms. The van der Waals surface area contributed by atoms with E-state index in [0.717, 1.165) is 17.1 Å². The number of rotatable bonds is 4. The maximum Gasteiger partial charge on any atom is 2.00 e. The molecule has 2 rings (SSSR count). The van der Waals surface area contributed by atoms with Crippen LogP contribution in [0.3, 0.4) is 0 Å². The molecule has 0 aliphatic heterocycles.